The lowest BCUT2D eigenvalue weighted by Crippen LogP contribution is -2.25. The number of anilines is 2. The molecule has 96 valence electrons. The highest BCUT2D eigenvalue weighted by Gasteiger charge is 2.19. The van der Waals surface area contributed by atoms with Gasteiger partial charge >= 0.3 is 0 Å². The van der Waals surface area contributed by atoms with E-state index in [1.54, 1.807) is 6.07 Å². The van der Waals surface area contributed by atoms with Crippen molar-refractivity contribution in [2.75, 3.05) is 11.4 Å². The van der Waals surface area contributed by atoms with Crippen LogP contribution < -0.4 is 4.90 Å². The van der Waals surface area contributed by atoms with Crippen molar-refractivity contribution >= 4 is 17.2 Å². The molecular weight excluding hydrogens is 242 g/mol. The Hall–Kier alpha value is -2.43. The number of hydrogen-bond acceptors (Lipinski definition) is 4. The van der Waals surface area contributed by atoms with Crippen molar-refractivity contribution < 1.29 is 4.92 Å². The second-order valence-electron chi connectivity index (χ2n) is 4.52. The van der Waals surface area contributed by atoms with E-state index < -0.39 is 4.92 Å². The zero-order chi connectivity index (χ0) is 13.2. The average Bonchev–Trinajstić information content (AvgIpc) is 2.47. The van der Waals surface area contributed by atoms with Crippen LogP contribution in [0.2, 0.25) is 0 Å². The van der Waals surface area contributed by atoms with Crippen molar-refractivity contribution in [1.29, 1.82) is 0 Å². The maximum absolute atomic E-state index is 10.6. The fraction of sp³-hybridized carbons (Fsp3) is 0.214. The molecule has 0 amide bonds. The number of rotatable bonds is 2. The normalized spacial score (nSPS) is 14.0. The van der Waals surface area contributed by atoms with Crippen molar-refractivity contribution in [3.05, 3.63) is 58.3 Å². The predicted molar refractivity (Wildman–Crippen MR) is 72.7 cm³/mol. The zero-order valence-corrected chi connectivity index (χ0v) is 10.3. The van der Waals surface area contributed by atoms with E-state index in [1.165, 1.54) is 17.8 Å². The van der Waals surface area contributed by atoms with Crippen LogP contribution in [0.1, 0.15) is 12.0 Å². The quantitative estimate of drug-likeness (QED) is 0.611. The number of hydrogen-bond donors (Lipinski definition) is 0. The highest BCUT2D eigenvalue weighted by molar-refractivity contribution is 5.65. The summed E-state index contributed by atoms with van der Waals surface area (Å²) >= 11 is 0. The minimum absolute atomic E-state index is 0.0223. The highest BCUT2D eigenvalue weighted by atomic mass is 16.6. The Morgan fingerprint density at radius 2 is 2.05 bits per heavy atom. The molecule has 3 rings (SSSR count). The first-order valence-corrected chi connectivity index (χ1v) is 6.21. The first-order valence-electron chi connectivity index (χ1n) is 6.21. The molecule has 1 aromatic carbocycles. The maximum Gasteiger partial charge on any atom is 0.287 e. The lowest BCUT2D eigenvalue weighted by Gasteiger charge is -2.30. The van der Waals surface area contributed by atoms with E-state index >= 15 is 0 Å². The van der Waals surface area contributed by atoms with Crippen LogP contribution in [0.5, 0.6) is 0 Å². The summed E-state index contributed by atoms with van der Waals surface area (Å²) in [5, 5.41) is 10.6. The number of aryl methyl sites for hydroxylation is 1. The van der Waals surface area contributed by atoms with Crippen LogP contribution in [-0.2, 0) is 6.42 Å². The summed E-state index contributed by atoms with van der Waals surface area (Å²) < 4.78 is 0. The number of benzene rings is 1. The maximum atomic E-state index is 10.6. The van der Waals surface area contributed by atoms with Gasteiger partial charge in [-0.1, -0.05) is 18.2 Å². The van der Waals surface area contributed by atoms with Gasteiger partial charge in [-0.15, -0.1) is 0 Å². The molecule has 1 aromatic heterocycles. The molecule has 0 saturated carbocycles. The van der Waals surface area contributed by atoms with Crippen LogP contribution in [0.3, 0.4) is 0 Å². The number of fused-ring (bicyclic) bond motifs is 1. The van der Waals surface area contributed by atoms with Gasteiger partial charge in [0.2, 0.25) is 0 Å². The van der Waals surface area contributed by atoms with Gasteiger partial charge in [0.15, 0.2) is 0 Å². The summed E-state index contributed by atoms with van der Waals surface area (Å²) in [6, 6.07) is 11.4. The first kappa shape index (κ1) is 11.6. The highest BCUT2D eigenvalue weighted by Crippen LogP contribution is 2.32. The Morgan fingerprint density at radius 1 is 1.21 bits per heavy atom. The number of para-hydroxylation sites is 1. The van der Waals surface area contributed by atoms with E-state index in [2.05, 4.69) is 22.0 Å². The van der Waals surface area contributed by atoms with E-state index in [-0.39, 0.29) is 5.69 Å². The molecule has 0 bridgehead atoms. The van der Waals surface area contributed by atoms with E-state index in [0.717, 1.165) is 30.9 Å². The Bertz CT molecular complexity index is 610. The fourth-order valence-electron chi connectivity index (χ4n) is 2.42. The van der Waals surface area contributed by atoms with Gasteiger partial charge < -0.3 is 4.90 Å². The first-order chi connectivity index (χ1) is 9.25. The van der Waals surface area contributed by atoms with E-state index in [4.69, 9.17) is 0 Å². The molecule has 0 N–H and O–H groups in total. The summed E-state index contributed by atoms with van der Waals surface area (Å²) in [5.74, 6) is 0.762. The lowest BCUT2D eigenvalue weighted by molar-refractivity contribution is -0.385. The largest absolute Gasteiger partial charge is 0.326 e. The molecule has 1 aliphatic heterocycles. The lowest BCUT2D eigenvalue weighted by atomic mass is 10.0. The smallest absolute Gasteiger partial charge is 0.287 e. The van der Waals surface area contributed by atoms with Crippen LogP contribution in [0.4, 0.5) is 17.2 Å². The van der Waals surface area contributed by atoms with Gasteiger partial charge in [-0.2, -0.15) is 0 Å². The molecule has 0 radical (unpaired) electrons. The summed E-state index contributed by atoms with van der Waals surface area (Å²) in [4.78, 5) is 16.5. The van der Waals surface area contributed by atoms with Gasteiger partial charge in [0.1, 0.15) is 12.0 Å². The Labute approximate surface area is 110 Å². The molecule has 0 saturated heterocycles. The second kappa shape index (κ2) is 4.68. The monoisotopic (exact) mass is 255 g/mol. The Kier molecular flexibility index (Phi) is 2.87. The SMILES string of the molecule is O=[N+]([O-])c1ccc(N2CCCc3ccccc32)nc1. The average molecular weight is 255 g/mol. The van der Waals surface area contributed by atoms with E-state index in [1.807, 2.05) is 12.1 Å². The van der Waals surface area contributed by atoms with Gasteiger partial charge in [-0.25, -0.2) is 4.98 Å². The second-order valence-corrected chi connectivity index (χ2v) is 4.52. The third-order valence-corrected chi connectivity index (χ3v) is 3.33. The standard InChI is InChI=1S/C14H13N3O2/c18-17(19)12-7-8-14(15-10-12)16-9-3-5-11-4-1-2-6-13(11)16/h1-2,4,6-8,10H,3,5,9H2. The van der Waals surface area contributed by atoms with Gasteiger partial charge in [-0.05, 0) is 30.5 Å². The minimum Gasteiger partial charge on any atom is -0.326 e. The molecule has 0 atom stereocenters. The number of nitrogens with zero attached hydrogens (tertiary/aromatic N) is 3. The molecule has 2 heterocycles. The summed E-state index contributed by atoms with van der Waals surface area (Å²) in [7, 11) is 0. The van der Waals surface area contributed by atoms with E-state index in [0.29, 0.717) is 0 Å². The molecule has 5 nitrogen and oxygen atoms in total. The van der Waals surface area contributed by atoms with Crippen LogP contribution in [-0.4, -0.2) is 16.5 Å². The summed E-state index contributed by atoms with van der Waals surface area (Å²) in [6.45, 7) is 0.891. The van der Waals surface area contributed by atoms with Gasteiger partial charge in [0.05, 0.1) is 4.92 Å². The Balaban J connectivity index is 1.97. The van der Waals surface area contributed by atoms with Crippen LogP contribution in [0.25, 0.3) is 0 Å². The van der Waals surface area contributed by atoms with Crippen LogP contribution in [0.15, 0.2) is 42.6 Å². The van der Waals surface area contributed by atoms with Crippen molar-refractivity contribution in [2.24, 2.45) is 0 Å². The molecule has 0 fully saturated rings. The van der Waals surface area contributed by atoms with Crippen molar-refractivity contribution in [3.8, 4) is 0 Å². The minimum atomic E-state index is -0.430. The number of nitro groups is 1. The molecular formula is C14H13N3O2. The summed E-state index contributed by atoms with van der Waals surface area (Å²) in [6.07, 6.45) is 3.45. The molecule has 0 unspecified atom stereocenters. The topological polar surface area (TPSA) is 59.3 Å². The zero-order valence-electron chi connectivity index (χ0n) is 10.3. The van der Waals surface area contributed by atoms with Gasteiger partial charge in [0, 0.05) is 18.3 Å². The van der Waals surface area contributed by atoms with Crippen molar-refractivity contribution in [1.82, 2.24) is 4.98 Å². The summed E-state index contributed by atoms with van der Waals surface area (Å²) in [5.41, 5.74) is 2.47. The molecule has 1 aliphatic rings. The van der Waals surface area contributed by atoms with Crippen LogP contribution >= 0.6 is 0 Å². The van der Waals surface area contributed by atoms with Crippen molar-refractivity contribution in [3.63, 3.8) is 0 Å². The van der Waals surface area contributed by atoms with Gasteiger partial charge in [0.25, 0.3) is 5.69 Å². The van der Waals surface area contributed by atoms with Gasteiger partial charge in [-0.3, -0.25) is 10.1 Å². The van der Waals surface area contributed by atoms with E-state index in [9.17, 15) is 10.1 Å². The molecule has 2 aromatic rings. The molecule has 19 heavy (non-hydrogen) atoms. The fourth-order valence-corrected chi connectivity index (χ4v) is 2.42. The third kappa shape index (κ3) is 2.14. The van der Waals surface area contributed by atoms with Crippen LogP contribution in [0, 0.1) is 10.1 Å². The number of aromatic nitrogens is 1. The predicted octanol–water partition coefficient (Wildman–Crippen LogP) is 3.07. The molecule has 0 spiro atoms. The molecule has 5 heteroatoms. The third-order valence-electron chi connectivity index (χ3n) is 3.33. The Morgan fingerprint density at radius 3 is 2.79 bits per heavy atom. The van der Waals surface area contributed by atoms with Crippen molar-refractivity contribution in [2.45, 2.75) is 12.8 Å². The number of pyridine rings is 1. The molecule has 0 aliphatic carbocycles.